The minimum absolute atomic E-state index is 0.113. The standard InChI is InChI=1S/C19H22N2O3S/c1-11-6-5-7-12(2)17(11)24-9-15(22)8-21-10-20-18-16(19(21)23)13(3)14(4)25-18/h5-7,10,15,22H,8-9H2,1-4H3. The number of rotatable bonds is 5. The number of nitrogens with zero attached hydrogens (tertiary/aromatic N) is 2. The molecule has 0 fully saturated rings. The highest BCUT2D eigenvalue weighted by Gasteiger charge is 2.15. The van der Waals surface area contributed by atoms with Crippen LogP contribution in [0, 0.1) is 27.7 Å². The summed E-state index contributed by atoms with van der Waals surface area (Å²) in [6.07, 6.45) is 0.707. The number of benzene rings is 1. The zero-order valence-electron chi connectivity index (χ0n) is 14.9. The van der Waals surface area contributed by atoms with Crippen LogP contribution in [-0.4, -0.2) is 27.4 Å². The first-order valence-electron chi connectivity index (χ1n) is 8.20. The number of hydrogen-bond acceptors (Lipinski definition) is 5. The fraction of sp³-hybridized carbons (Fsp3) is 0.368. The molecule has 0 aliphatic carbocycles. The molecule has 25 heavy (non-hydrogen) atoms. The van der Waals surface area contributed by atoms with Crippen LogP contribution in [0.25, 0.3) is 10.2 Å². The second-order valence-electron chi connectivity index (χ2n) is 6.35. The molecular formula is C19H22N2O3S. The molecule has 0 spiro atoms. The van der Waals surface area contributed by atoms with E-state index in [0.717, 1.165) is 32.1 Å². The van der Waals surface area contributed by atoms with Gasteiger partial charge >= 0.3 is 0 Å². The van der Waals surface area contributed by atoms with Crippen molar-refractivity contribution in [1.29, 1.82) is 0 Å². The van der Waals surface area contributed by atoms with Crippen molar-refractivity contribution in [1.82, 2.24) is 9.55 Å². The van der Waals surface area contributed by atoms with E-state index in [4.69, 9.17) is 4.74 Å². The zero-order valence-corrected chi connectivity index (χ0v) is 15.7. The molecule has 1 unspecified atom stereocenters. The Hall–Kier alpha value is -2.18. The molecule has 132 valence electrons. The number of fused-ring (bicyclic) bond motifs is 1. The quantitative estimate of drug-likeness (QED) is 0.761. The highest BCUT2D eigenvalue weighted by molar-refractivity contribution is 7.18. The maximum absolute atomic E-state index is 12.7. The van der Waals surface area contributed by atoms with Crippen LogP contribution in [0.15, 0.2) is 29.3 Å². The Morgan fingerprint density at radius 2 is 1.92 bits per heavy atom. The molecule has 2 heterocycles. The number of hydrogen-bond donors (Lipinski definition) is 1. The van der Waals surface area contributed by atoms with E-state index in [1.54, 1.807) is 0 Å². The number of para-hydroxylation sites is 1. The number of aliphatic hydroxyl groups excluding tert-OH is 1. The van der Waals surface area contributed by atoms with Gasteiger partial charge in [0.15, 0.2) is 0 Å². The van der Waals surface area contributed by atoms with E-state index in [1.165, 1.54) is 22.2 Å². The minimum atomic E-state index is -0.795. The third-order valence-electron chi connectivity index (χ3n) is 4.39. The molecule has 0 aliphatic rings. The first kappa shape index (κ1) is 17.6. The van der Waals surface area contributed by atoms with Gasteiger partial charge in [-0.05, 0) is 44.4 Å². The summed E-state index contributed by atoms with van der Waals surface area (Å²) >= 11 is 1.52. The van der Waals surface area contributed by atoms with Gasteiger partial charge in [-0.1, -0.05) is 18.2 Å². The molecule has 5 nitrogen and oxygen atoms in total. The van der Waals surface area contributed by atoms with Crippen LogP contribution in [-0.2, 0) is 6.54 Å². The van der Waals surface area contributed by atoms with E-state index in [2.05, 4.69) is 4.98 Å². The third kappa shape index (κ3) is 3.45. The molecule has 3 rings (SSSR count). The van der Waals surface area contributed by atoms with E-state index in [-0.39, 0.29) is 18.7 Å². The van der Waals surface area contributed by atoms with Crippen molar-refractivity contribution in [3.05, 3.63) is 56.4 Å². The second kappa shape index (κ2) is 6.98. The van der Waals surface area contributed by atoms with Crippen LogP contribution in [0.3, 0.4) is 0 Å². The lowest BCUT2D eigenvalue weighted by atomic mass is 10.1. The van der Waals surface area contributed by atoms with Crippen molar-refractivity contribution in [3.63, 3.8) is 0 Å². The van der Waals surface area contributed by atoms with Gasteiger partial charge in [0.2, 0.25) is 0 Å². The largest absolute Gasteiger partial charge is 0.490 e. The normalized spacial score (nSPS) is 12.5. The predicted molar refractivity (Wildman–Crippen MR) is 101 cm³/mol. The van der Waals surface area contributed by atoms with E-state index >= 15 is 0 Å². The lowest BCUT2D eigenvalue weighted by Gasteiger charge is -2.16. The van der Waals surface area contributed by atoms with Gasteiger partial charge in [0.25, 0.3) is 5.56 Å². The average Bonchev–Trinajstić information content (AvgIpc) is 2.85. The van der Waals surface area contributed by atoms with Gasteiger partial charge in [0, 0.05) is 4.88 Å². The fourth-order valence-electron chi connectivity index (χ4n) is 2.89. The SMILES string of the molecule is Cc1cccc(C)c1OCC(O)Cn1cnc2sc(C)c(C)c2c1=O. The van der Waals surface area contributed by atoms with Crippen molar-refractivity contribution in [2.24, 2.45) is 0 Å². The lowest BCUT2D eigenvalue weighted by Crippen LogP contribution is -2.30. The van der Waals surface area contributed by atoms with Crippen molar-refractivity contribution in [2.45, 2.75) is 40.3 Å². The first-order valence-corrected chi connectivity index (χ1v) is 9.02. The van der Waals surface area contributed by atoms with Crippen molar-refractivity contribution >= 4 is 21.6 Å². The van der Waals surface area contributed by atoms with Crippen molar-refractivity contribution < 1.29 is 9.84 Å². The number of ether oxygens (including phenoxy) is 1. The predicted octanol–water partition coefficient (Wildman–Crippen LogP) is 3.13. The lowest BCUT2D eigenvalue weighted by molar-refractivity contribution is 0.0908. The van der Waals surface area contributed by atoms with Crippen LogP contribution in [0.1, 0.15) is 21.6 Å². The third-order valence-corrected chi connectivity index (χ3v) is 5.51. The summed E-state index contributed by atoms with van der Waals surface area (Å²) < 4.78 is 7.23. The second-order valence-corrected chi connectivity index (χ2v) is 7.55. The maximum Gasteiger partial charge on any atom is 0.262 e. The summed E-state index contributed by atoms with van der Waals surface area (Å²) in [6.45, 7) is 8.14. The van der Waals surface area contributed by atoms with Gasteiger partial charge in [-0.3, -0.25) is 9.36 Å². The molecule has 3 aromatic rings. The molecule has 1 N–H and O–H groups in total. The van der Waals surface area contributed by atoms with Gasteiger partial charge in [-0.2, -0.15) is 0 Å². The van der Waals surface area contributed by atoms with Crippen LogP contribution in [0.5, 0.6) is 5.75 Å². The van der Waals surface area contributed by atoms with Gasteiger partial charge < -0.3 is 9.84 Å². The summed E-state index contributed by atoms with van der Waals surface area (Å²) in [5.74, 6) is 0.784. The zero-order chi connectivity index (χ0) is 18.1. The summed E-state index contributed by atoms with van der Waals surface area (Å²) in [5.41, 5.74) is 2.90. The Morgan fingerprint density at radius 1 is 1.24 bits per heavy atom. The first-order chi connectivity index (χ1) is 11.9. The molecule has 0 saturated heterocycles. The van der Waals surface area contributed by atoms with Gasteiger partial charge in [-0.15, -0.1) is 11.3 Å². The number of thiophene rings is 1. The van der Waals surface area contributed by atoms with Gasteiger partial charge in [0.05, 0.1) is 18.3 Å². The highest BCUT2D eigenvalue weighted by atomic mass is 32.1. The van der Waals surface area contributed by atoms with Crippen molar-refractivity contribution in [2.75, 3.05) is 6.61 Å². The summed E-state index contributed by atoms with van der Waals surface area (Å²) in [4.78, 5) is 18.9. The summed E-state index contributed by atoms with van der Waals surface area (Å²) in [5, 5.41) is 11.0. The van der Waals surface area contributed by atoms with Crippen LogP contribution >= 0.6 is 11.3 Å². The minimum Gasteiger partial charge on any atom is -0.490 e. The van der Waals surface area contributed by atoms with Crippen LogP contribution in [0.4, 0.5) is 0 Å². The van der Waals surface area contributed by atoms with Crippen molar-refractivity contribution in [3.8, 4) is 5.75 Å². The molecular weight excluding hydrogens is 336 g/mol. The Kier molecular flexibility index (Phi) is 4.92. The Bertz CT molecular complexity index is 954. The Balaban J connectivity index is 1.76. The molecule has 6 heteroatoms. The molecule has 2 aromatic heterocycles. The van der Waals surface area contributed by atoms with E-state index in [0.29, 0.717) is 5.39 Å². The van der Waals surface area contributed by atoms with Gasteiger partial charge in [0.1, 0.15) is 23.3 Å². The molecule has 0 saturated carbocycles. The molecule has 0 bridgehead atoms. The Morgan fingerprint density at radius 3 is 2.60 bits per heavy atom. The molecule has 1 aromatic carbocycles. The molecule has 0 radical (unpaired) electrons. The molecule has 1 atom stereocenters. The highest BCUT2D eigenvalue weighted by Crippen LogP contribution is 2.25. The van der Waals surface area contributed by atoms with E-state index in [1.807, 2.05) is 45.9 Å². The van der Waals surface area contributed by atoms with Crippen LogP contribution in [0.2, 0.25) is 0 Å². The van der Waals surface area contributed by atoms with Crippen LogP contribution < -0.4 is 10.3 Å². The number of aliphatic hydroxyl groups is 1. The van der Waals surface area contributed by atoms with E-state index in [9.17, 15) is 9.90 Å². The summed E-state index contributed by atoms with van der Waals surface area (Å²) in [7, 11) is 0. The monoisotopic (exact) mass is 358 g/mol. The number of aromatic nitrogens is 2. The smallest absolute Gasteiger partial charge is 0.262 e. The molecule has 0 amide bonds. The number of aryl methyl sites for hydroxylation is 4. The average molecular weight is 358 g/mol. The maximum atomic E-state index is 12.7. The topological polar surface area (TPSA) is 64.3 Å². The summed E-state index contributed by atoms with van der Waals surface area (Å²) in [6, 6.07) is 5.91. The molecule has 0 aliphatic heterocycles. The fourth-order valence-corrected chi connectivity index (χ4v) is 3.87. The Labute approximate surface area is 150 Å². The van der Waals surface area contributed by atoms with Gasteiger partial charge in [-0.25, -0.2) is 4.98 Å². The van der Waals surface area contributed by atoms with E-state index < -0.39 is 6.10 Å².